The SMILES string of the molecule is COC(=O)c1ccc([C@H](C)NC(=O)c2c(C(F)(F)F)nn3c2N(Cc2cccc(OC)c2)CC3)cc1. The van der Waals surface area contributed by atoms with E-state index in [2.05, 4.69) is 15.2 Å². The Balaban J connectivity index is 1.62. The van der Waals surface area contributed by atoms with Crippen molar-refractivity contribution in [1.29, 1.82) is 0 Å². The van der Waals surface area contributed by atoms with Crippen LogP contribution in [0.5, 0.6) is 5.75 Å². The van der Waals surface area contributed by atoms with Crippen LogP contribution in [-0.4, -0.2) is 42.4 Å². The number of halogens is 3. The van der Waals surface area contributed by atoms with Crippen molar-refractivity contribution in [2.75, 3.05) is 25.7 Å². The van der Waals surface area contributed by atoms with E-state index in [1.54, 1.807) is 42.2 Å². The van der Waals surface area contributed by atoms with Gasteiger partial charge >= 0.3 is 12.1 Å². The second-order valence-electron chi connectivity index (χ2n) is 8.35. The predicted octanol–water partition coefficient (Wildman–Crippen LogP) is 4.21. The number of benzene rings is 2. The monoisotopic (exact) mass is 502 g/mol. The van der Waals surface area contributed by atoms with Crippen molar-refractivity contribution in [1.82, 2.24) is 15.1 Å². The molecule has 1 N–H and O–H groups in total. The zero-order chi connectivity index (χ0) is 26.0. The van der Waals surface area contributed by atoms with Gasteiger partial charge in [0.2, 0.25) is 0 Å². The lowest BCUT2D eigenvalue weighted by Gasteiger charge is -2.21. The number of ether oxygens (including phenoxy) is 2. The van der Waals surface area contributed by atoms with Crippen molar-refractivity contribution < 1.29 is 32.2 Å². The molecule has 0 radical (unpaired) electrons. The van der Waals surface area contributed by atoms with Crippen LogP contribution in [-0.2, 0) is 24.0 Å². The molecule has 4 rings (SSSR count). The molecule has 0 spiro atoms. The Hall–Kier alpha value is -4.02. The maximum Gasteiger partial charge on any atom is 0.436 e. The number of anilines is 1. The number of esters is 1. The lowest BCUT2D eigenvalue weighted by atomic mass is 10.1. The molecule has 3 aromatic rings. The van der Waals surface area contributed by atoms with Crippen molar-refractivity contribution in [2.24, 2.45) is 0 Å². The fourth-order valence-corrected chi connectivity index (χ4v) is 4.18. The molecule has 36 heavy (non-hydrogen) atoms. The number of rotatable bonds is 7. The van der Waals surface area contributed by atoms with Crippen LogP contribution < -0.4 is 15.0 Å². The first-order chi connectivity index (χ1) is 17.1. The number of carbonyl (C=O) groups excluding carboxylic acids is 2. The van der Waals surface area contributed by atoms with Gasteiger partial charge in [-0.1, -0.05) is 24.3 Å². The van der Waals surface area contributed by atoms with Crippen LogP contribution >= 0.6 is 0 Å². The Bertz CT molecular complexity index is 1270. The van der Waals surface area contributed by atoms with Crippen molar-refractivity contribution >= 4 is 17.7 Å². The van der Waals surface area contributed by atoms with E-state index < -0.39 is 35.4 Å². The van der Waals surface area contributed by atoms with E-state index in [-0.39, 0.29) is 18.9 Å². The Morgan fingerprint density at radius 1 is 1.11 bits per heavy atom. The smallest absolute Gasteiger partial charge is 0.436 e. The number of nitrogens with one attached hydrogen (secondary N) is 1. The number of hydrogen-bond acceptors (Lipinski definition) is 6. The van der Waals surface area contributed by atoms with Gasteiger partial charge in [0.15, 0.2) is 5.69 Å². The van der Waals surface area contributed by atoms with Crippen molar-refractivity contribution in [3.63, 3.8) is 0 Å². The molecule has 0 fully saturated rings. The predicted molar refractivity (Wildman–Crippen MR) is 125 cm³/mol. The third kappa shape index (κ3) is 5.00. The standard InChI is InChI=1S/C25H25F3N4O4/c1-15(17-7-9-18(10-8-17)24(34)36-3)29-22(33)20-21(25(26,27)28)30-32-12-11-31(23(20)32)14-16-5-4-6-19(13-16)35-2/h4-10,13,15H,11-12,14H2,1-3H3,(H,29,33)/t15-/m0/s1. The molecule has 0 saturated heterocycles. The first-order valence-corrected chi connectivity index (χ1v) is 11.2. The highest BCUT2D eigenvalue weighted by Crippen LogP contribution is 2.39. The quantitative estimate of drug-likeness (QED) is 0.488. The molecular weight excluding hydrogens is 477 g/mol. The van der Waals surface area contributed by atoms with E-state index in [0.29, 0.717) is 23.4 Å². The van der Waals surface area contributed by atoms with Crippen molar-refractivity contribution in [3.8, 4) is 5.75 Å². The van der Waals surface area contributed by atoms with Gasteiger partial charge in [-0.15, -0.1) is 0 Å². The van der Waals surface area contributed by atoms with Crippen LogP contribution in [0.3, 0.4) is 0 Å². The van der Waals surface area contributed by atoms with Crippen molar-refractivity contribution in [2.45, 2.75) is 32.2 Å². The normalized spacial score (nSPS) is 13.8. The second-order valence-corrected chi connectivity index (χ2v) is 8.35. The first-order valence-electron chi connectivity index (χ1n) is 11.2. The summed E-state index contributed by atoms with van der Waals surface area (Å²) in [6, 6.07) is 12.8. The van der Waals surface area contributed by atoms with Crippen LogP contribution in [0.1, 0.15) is 50.5 Å². The second kappa shape index (κ2) is 9.92. The van der Waals surface area contributed by atoms with Crippen molar-refractivity contribution in [3.05, 3.63) is 76.5 Å². The van der Waals surface area contributed by atoms with E-state index in [1.807, 2.05) is 6.07 Å². The third-order valence-corrected chi connectivity index (χ3v) is 5.99. The minimum atomic E-state index is -4.81. The molecule has 0 bridgehead atoms. The van der Waals surface area contributed by atoms with Crippen LogP contribution in [0.25, 0.3) is 0 Å². The first kappa shape index (κ1) is 25.1. The number of fused-ring (bicyclic) bond motifs is 1. The number of alkyl halides is 3. The molecular formula is C25H25F3N4O4. The summed E-state index contributed by atoms with van der Waals surface area (Å²) in [5, 5.41) is 6.39. The minimum absolute atomic E-state index is 0.121. The molecule has 2 heterocycles. The molecule has 1 atom stereocenters. The Kier molecular flexibility index (Phi) is 6.91. The summed E-state index contributed by atoms with van der Waals surface area (Å²) in [6.45, 7) is 2.56. The summed E-state index contributed by atoms with van der Waals surface area (Å²) in [5.41, 5.74) is 0.0193. The summed E-state index contributed by atoms with van der Waals surface area (Å²) in [5.74, 6) is -0.651. The zero-order valence-electron chi connectivity index (χ0n) is 19.9. The third-order valence-electron chi connectivity index (χ3n) is 5.99. The summed E-state index contributed by atoms with van der Waals surface area (Å²) in [4.78, 5) is 26.6. The van der Waals surface area contributed by atoms with Gasteiger partial charge in [-0.05, 0) is 42.3 Å². The zero-order valence-corrected chi connectivity index (χ0v) is 19.9. The van der Waals surface area contributed by atoms with Gasteiger partial charge in [0.1, 0.15) is 17.1 Å². The van der Waals surface area contributed by atoms with Gasteiger partial charge in [0.25, 0.3) is 5.91 Å². The van der Waals surface area contributed by atoms with Gasteiger partial charge in [0.05, 0.1) is 32.4 Å². The summed E-state index contributed by atoms with van der Waals surface area (Å²) in [6.07, 6.45) is -4.81. The van der Waals surface area contributed by atoms with E-state index >= 15 is 0 Å². The topological polar surface area (TPSA) is 85.7 Å². The highest BCUT2D eigenvalue weighted by molar-refractivity contribution is 6.01. The van der Waals surface area contributed by atoms with Gasteiger partial charge < -0.3 is 19.7 Å². The molecule has 1 aliphatic rings. The lowest BCUT2D eigenvalue weighted by Crippen LogP contribution is -2.31. The summed E-state index contributed by atoms with van der Waals surface area (Å²) in [7, 11) is 2.80. The maximum atomic E-state index is 13.9. The summed E-state index contributed by atoms with van der Waals surface area (Å²) >= 11 is 0. The minimum Gasteiger partial charge on any atom is -0.497 e. The highest BCUT2D eigenvalue weighted by Gasteiger charge is 2.44. The molecule has 1 aliphatic heterocycles. The Labute approximate surface area is 205 Å². The average Bonchev–Trinajstić information content (AvgIpc) is 3.44. The molecule has 2 aromatic carbocycles. The van der Waals surface area contributed by atoms with Gasteiger partial charge in [-0.2, -0.15) is 18.3 Å². The fraction of sp³-hybridized carbons (Fsp3) is 0.320. The van der Waals surface area contributed by atoms with E-state index in [0.717, 1.165) is 5.56 Å². The van der Waals surface area contributed by atoms with E-state index in [1.165, 1.54) is 31.0 Å². The average molecular weight is 502 g/mol. The van der Waals surface area contributed by atoms with Crippen LogP contribution in [0.15, 0.2) is 48.5 Å². The molecule has 1 aromatic heterocycles. The molecule has 0 unspecified atom stereocenters. The number of carbonyl (C=O) groups is 2. The number of methoxy groups -OCH3 is 2. The van der Waals surface area contributed by atoms with Crippen LogP contribution in [0.4, 0.5) is 19.0 Å². The Morgan fingerprint density at radius 3 is 2.47 bits per heavy atom. The Morgan fingerprint density at radius 2 is 1.83 bits per heavy atom. The van der Waals surface area contributed by atoms with Gasteiger partial charge in [-0.25, -0.2) is 9.48 Å². The van der Waals surface area contributed by atoms with E-state index in [4.69, 9.17) is 4.74 Å². The fourth-order valence-electron chi connectivity index (χ4n) is 4.18. The number of nitrogens with zero attached hydrogens (tertiary/aromatic N) is 3. The number of aromatic nitrogens is 2. The van der Waals surface area contributed by atoms with Crippen LogP contribution in [0, 0.1) is 0 Å². The largest absolute Gasteiger partial charge is 0.497 e. The molecule has 11 heteroatoms. The molecule has 8 nitrogen and oxygen atoms in total. The maximum absolute atomic E-state index is 13.9. The molecule has 0 aliphatic carbocycles. The lowest BCUT2D eigenvalue weighted by molar-refractivity contribution is -0.141. The highest BCUT2D eigenvalue weighted by atomic mass is 19.4. The van der Waals surface area contributed by atoms with Crippen LogP contribution in [0.2, 0.25) is 0 Å². The number of amides is 1. The molecule has 0 saturated carbocycles. The van der Waals surface area contributed by atoms with E-state index in [9.17, 15) is 22.8 Å². The van der Waals surface area contributed by atoms with Gasteiger partial charge in [0, 0.05) is 13.1 Å². The van der Waals surface area contributed by atoms with Gasteiger partial charge in [-0.3, -0.25) is 4.79 Å². The molecule has 1 amide bonds. The number of hydrogen-bond donors (Lipinski definition) is 1. The summed E-state index contributed by atoms with van der Waals surface area (Å²) < 4.78 is 52.8. The molecule has 190 valence electrons.